The molecule has 0 aliphatic carbocycles. The van der Waals surface area contributed by atoms with E-state index >= 15 is 0 Å². The maximum atomic E-state index is 12.0. The third kappa shape index (κ3) is 2.16. The second-order valence-electron chi connectivity index (χ2n) is 5.05. The van der Waals surface area contributed by atoms with Crippen molar-refractivity contribution in [3.8, 4) is 0 Å². The van der Waals surface area contributed by atoms with E-state index in [2.05, 4.69) is 19.2 Å². The number of β-amino-alcohol motifs (C(OH)–C–C–N with tert-alkyl or cyclic N) is 1. The van der Waals surface area contributed by atoms with Crippen LogP contribution in [-0.4, -0.2) is 47.7 Å². The van der Waals surface area contributed by atoms with E-state index in [0.717, 1.165) is 13.1 Å². The van der Waals surface area contributed by atoms with Crippen molar-refractivity contribution in [2.24, 2.45) is 11.8 Å². The van der Waals surface area contributed by atoms with Crippen molar-refractivity contribution in [3.63, 3.8) is 0 Å². The molecule has 2 saturated heterocycles. The lowest BCUT2D eigenvalue weighted by atomic mass is 10.0. The number of rotatable bonds is 1. The maximum Gasteiger partial charge on any atom is 0.239 e. The first kappa shape index (κ1) is 10.9. The molecule has 2 aliphatic heterocycles. The zero-order chi connectivity index (χ0) is 11.0. The largest absolute Gasteiger partial charge is 0.392 e. The fourth-order valence-corrected chi connectivity index (χ4v) is 2.44. The van der Waals surface area contributed by atoms with Crippen LogP contribution in [0.5, 0.6) is 0 Å². The third-order valence-electron chi connectivity index (χ3n) is 3.71. The minimum Gasteiger partial charge on any atom is -0.392 e. The summed E-state index contributed by atoms with van der Waals surface area (Å²) >= 11 is 0. The van der Waals surface area contributed by atoms with Crippen LogP contribution in [0.2, 0.25) is 0 Å². The van der Waals surface area contributed by atoms with Gasteiger partial charge in [0.2, 0.25) is 5.91 Å². The van der Waals surface area contributed by atoms with Gasteiger partial charge in [0.25, 0.3) is 0 Å². The van der Waals surface area contributed by atoms with E-state index in [1.165, 1.54) is 0 Å². The van der Waals surface area contributed by atoms with Crippen LogP contribution in [0.25, 0.3) is 0 Å². The lowest BCUT2D eigenvalue weighted by Gasteiger charge is -2.20. The van der Waals surface area contributed by atoms with Crippen molar-refractivity contribution >= 4 is 5.91 Å². The van der Waals surface area contributed by atoms with E-state index in [0.29, 0.717) is 24.8 Å². The SMILES string of the molecule is CC1CN(C(=O)[C@H]2C[C@H](O)CN2)CC1C. The molecule has 4 nitrogen and oxygen atoms in total. The van der Waals surface area contributed by atoms with Gasteiger partial charge in [-0.05, 0) is 18.3 Å². The fraction of sp³-hybridized carbons (Fsp3) is 0.909. The summed E-state index contributed by atoms with van der Waals surface area (Å²) in [6, 6.07) is -0.155. The number of likely N-dealkylation sites (tertiary alicyclic amines) is 1. The summed E-state index contributed by atoms with van der Waals surface area (Å²) in [4.78, 5) is 14.0. The van der Waals surface area contributed by atoms with Gasteiger partial charge in [0.15, 0.2) is 0 Å². The number of aliphatic hydroxyl groups is 1. The number of nitrogens with zero attached hydrogens (tertiary/aromatic N) is 1. The van der Waals surface area contributed by atoms with Gasteiger partial charge in [-0.1, -0.05) is 13.8 Å². The zero-order valence-corrected chi connectivity index (χ0v) is 9.44. The lowest BCUT2D eigenvalue weighted by Crippen LogP contribution is -2.42. The average Bonchev–Trinajstić information content (AvgIpc) is 2.74. The van der Waals surface area contributed by atoms with Crippen LogP contribution in [0, 0.1) is 11.8 Å². The Morgan fingerprint density at radius 1 is 1.33 bits per heavy atom. The Morgan fingerprint density at radius 2 is 1.93 bits per heavy atom. The van der Waals surface area contributed by atoms with Crippen molar-refractivity contribution in [2.75, 3.05) is 19.6 Å². The highest BCUT2D eigenvalue weighted by Crippen LogP contribution is 2.23. The standard InChI is InChI=1S/C11H20N2O2/c1-7-5-13(6-8(7)2)11(15)10-3-9(14)4-12-10/h7-10,12,14H,3-6H2,1-2H3/t7?,8?,9-,10+/m0/s1. The highest BCUT2D eigenvalue weighted by atomic mass is 16.3. The molecule has 0 spiro atoms. The molecule has 0 aromatic rings. The van der Waals surface area contributed by atoms with Crippen LogP contribution in [0.3, 0.4) is 0 Å². The molecule has 2 heterocycles. The van der Waals surface area contributed by atoms with Crippen LogP contribution in [-0.2, 0) is 4.79 Å². The lowest BCUT2D eigenvalue weighted by molar-refractivity contribution is -0.132. The van der Waals surface area contributed by atoms with E-state index in [1.54, 1.807) is 0 Å². The van der Waals surface area contributed by atoms with Gasteiger partial charge in [-0.3, -0.25) is 4.79 Å². The van der Waals surface area contributed by atoms with Gasteiger partial charge in [0, 0.05) is 19.6 Å². The minimum atomic E-state index is -0.351. The summed E-state index contributed by atoms with van der Waals surface area (Å²) < 4.78 is 0. The molecule has 0 saturated carbocycles. The highest BCUT2D eigenvalue weighted by molar-refractivity contribution is 5.82. The predicted octanol–water partition coefficient (Wildman–Crippen LogP) is -0.176. The normalized spacial score (nSPS) is 41.1. The van der Waals surface area contributed by atoms with E-state index < -0.39 is 0 Å². The predicted molar refractivity (Wildman–Crippen MR) is 57.3 cm³/mol. The number of aliphatic hydroxyl groups excluding tert-OH is 1. The van der Waals surface area contributed by atoms with Gasteiger partial charge in [0.05, 0.1) is 12.1 Å². The average molecular weight is 212 g/mol. The Kier molecular flexibility index (Phi) is 2.98. The Morgan fingerprint density at radius 3 is 2.40 bits per heavy atom. The van der Waals surface area contributed by atoms with Crippen molar-refractivity contribution < 1.29 is 9.90 Å². The highest BCUT2D eigenvalue weighted by Gasteiger charge is 2.36. The Bertz CT molecular complexity index is 247. The second-order valence-corrected chi connectivity index (χ2v) is 5.05. The third-order valence-corrected chi connectivity index (χ3v) is 3.71. The quantitative estimate of drug-likeness (QED) is 0.634. The van der Waals surface area contributed by atoms with Crippen LogP contribution >= 0.6 is 0 Å². The molecule has 0 radical (unpaired) electrons. The molecule has 4 atom stereocenters. The van der Waals surface area contributed by atoms with E-state index in [4.69, 9.17) is 0 Å². The number of carbonyl (C=O) groups excluding carboxylic acids is 1. The van der Waals surface area contributed by atoms with Crippen LogP contribution in [0.15, 0.2) is 0 Å². The summed E-state index contributed by atoms with van der Waals surface area (Å²) in [7, 11) is 0. The van der Waals surface area contributed by atoms with Crippen molar-refractivity contribution in [2.45, 2.75) is 32.4 Å². The van der Waals surface area contributed by atoms with Gasteiger partial charge in [-0.2, -0.15) is 0 Å². The van der Waals surface area contributed by atoms with E-state index in [1.807, 2.05) is 4.90 Å². The summed E-state index contributed by atoms with van der Waals surface area (Å²) in [5.74, 6) is 1.36. The molecule has 2 fully saturated rings. The first-order chi connectivity index (χ1) is 7.08. The number of nitrogens with one attached hydrogen (secondary N) is 1. The monoisotopic (exact) mass is 212 g/mol. The Balaban J connectivity index is 1.92. The smallest absolute Gasteiger partial charge is 0.239 e. The number of hydrogen-bond acceptors (Lipinski definition) is 3. The molecule has 86 valence electrons. The van der Waals surface area contributed by atoms with Gasteiger partial charge < -0.3 is 15.3 Å². The summed E-state index contributed by atoms with van der Waals surface area (Å²) in [6.07, 6.45) is 0.217. The fourth-order valence-electron chi connectivity index (χ4n) is 2.44. The molecular formula is C11H20N2O2. The summed E-state index contributed by atoms with van der Waals surface area (Å²) in [5.41, 5.74) is 0. The van der Waals surface area contributed by atoms with E-state index in [9.17, 15) is 9.90 Å². The van der Waals surface area contributed by atoms with Gasteiger partial charge >= 0.3 is 0 Å². The molecule has 1 amide bonds. The molecule has 2 rings (SSSR count). The molecule has 0 bridgehead atoms. The van der Waals surface area contributed by atoms with Gasteiger partial charge in [0.1, 0.15) is 0 Å². The first-order valence-electron chi connectivity index (χ1n) is 5.78. The molecule has 0 aromatic heterocycles. The molecule has 15 heavy (non-hydrogen) atoms. The summed E-state index contributed by atoms with van der Waals surface area (Å²) in [5, 5.41) is 12.4. The van der Waals surface area contributed by atoms with Crippen LogP contribution < -0.4 is 5.32 Å². The molecule has 2 unspecified atom stereocenters. The van der Waals surface area contributed by atoms with Crippen molar-refractivity contribution in [3.05, 3.63) is 0 Å². The number of hydrogen-bond donors (Lipinski definition) is 2. The second kappa shape index (κ2) is 4.10. The van der Waals surface area contributed by atoms with Crippen molar-refractivity contribution in [1.82, 2.24) is 10.2 Å². The zero-order valence-electron chi connectivity index (χ0n) is 9.44. The van der Waals surface area contributed by atoms with Gasteiger partial charge in [-0.15, -0.1) is 0 Å². The topological polar surface area (TPSA) is 52.6 Å². The van der Waals surface area contributed by atoms with Gasteiger partial charge in [-0.25, -0.2) is 0 Å². The molecule has 2 N–H and O–H groups in total. The van der Waals surface area contributed by atoms with E-state index in [-0.39, 0.29) is 18.1 Å². The van der Waals surface area contributed by atoms with Crippen LogP contribution in [0.4, 0.5) is 0 Å². The summed E-state index contributed by atoms with van der Waals surface area (Å²) in [6.45, 7) is 6.67. The minimum absolute atomic E-state index is 0.155. The molecular weight excluding hydrogens is 192 g/mol. The number of amides is 1. The molecule has 0 aromatic carbocycles. The van der Waals surface area contributed by atoms with Crippen LogP contribution in [0.1, 0.15) is 20.3 Å². The first-order valence-corrected chi connectivity index (χ1v) is 5.78. The number of carbonyl (C=O) groups is 1. The Labute approximate surface area is 90.6 Å². The maximum absolute atomic E-state index is 12.0. The van der Waals surface area contributed by atoms with Crippen molar-refractivity contribution in [1.29, 1.82) is 0 Å². The molecule has 2 aliphatic rings. The Hall–Kier alpha value is -0.610. The molecule has 4 heteroatoms.